The predicted molar refractivity (Wildman–Crippen MR) is 96.9 cm³/mol. The number of aromatic hydroxyl groups is 1. The Morgan fingerprint density at radius 2 is 2.11 bits per heavy atom. The molecule has 0 aliphatic carbocycles. The number of ether oxygens (including phenoxy) is 1. The Morgan fingerprint density at radius 1 is 1.41 bits per heavy atom. The summed E-state index contributed by atoms with van der Waals surface area (Å²) in [5.74, 6) is -1.10. The molecule has 0 spiro atoms. The predicted octanol–water partition coefficient (Wildman–Crippen LogP) is 3.05. The first-order valence-electron chi connectivity index (χ1n) is 8.73. The second kappa shape index (κ2) is 8.52. The van der Waals surface area contributed by atoms with Crippen LogP contribution < -0.4 is 10.6 Å². The lowest BCUT2D eigenvalue weighted by Gasteiger charge is -2.30. The third kappa shape index (κ3) is 4.75. The van der Waals surface area contributed by atoms with Crippen molar-refractivity contribution in [2.75, 3.05) is 0 Å². The molecular formula is C18H23N3O6. The summed E-state index contributed by atoms with van der Waals surface area (Å²) in [7, 11) is 0. The van der Waals surface area contributed by atoms with Crippen LogP contribution >= 0.6 is 0 Å². The van der Waals surface area contributed by atoms with E-state index in [4.69, 9.17) is 4.74 Å². The summed E-state index contributed by atoms with van der Waals surface area (Å²) in [5.41, 5.74) is 0.440. The van der Waals surface area contributed by atoms with Gasteiger partial charge in [-0.1, -0.05) is 19.4 Å². The highest BCUT2D eigenvalue weighted by Crippen LogP contribution is 2.34. The Morgan fingerprint density at radius 3 is 2.70 bits per heavy atom. The molecule has 0 saturated heterocycles. The summed E-state index contributed by atoms with van der Waals surface area (Å²) in [5, 5.41) is 26.1. The van der Waals surface area contributed by atoms with E-state index in [2.05, 4.69) is 10.6 Å². The van der Waals surface area contributed by atoms with Gasteiger partial charge in [0.15, 0.2) is 5.75 Å². The normalized spacial score (nSPS) is 16.7. The molecule has 27 heavy (non-hydrogen) atoms. The molecule has 9 heteroatoms. The molecule has 1 heterocycles. The van der Waals surface area contributed by atoms with Crippen molar-refractivity contribution in [2.24, 2.45) is 0 Å². The fourth-order valence-electron chi connectivity index (χ4n) is 2.80. The van der Waals surface area contributed by atoms with Crippen LogP contribution in [-0.4, -0.2) is 28.1 Å². The molecule has 2 amide bonds. The number of carbonyl (C=O) groups excluding carboxylic acids is 2. The Labute approximate surface area is 156 Å². The van der Waals surface area contributed by atoms with Crippen molar-refractivity contribution in [1.82, 2.24) is 10.6 Å². The monoisotopic (exact) mass is 377 g/mol. The van der Waals surface area contributed by atoms with E-state index in [1.807, 2.05) is 6.92 Å². The van der Waals surface area contributed by atoms with Crippen LogP contribution in [0.5, 0.6) is 5.75 Å². The van der Waals surface area contributed by atoms with Crippen molar-refractivity contribution in [3.63, 3.8) is 0 Å². The van der Waals surface area contributed by atoms with Crippen LogP contribution in [0.15, 0.2) is 29.5 Å². The number of nitro benzene ring substituents is 1. The molecule has 0 bridgehead atoms. The van der Waals surface area contributed by atoms with Gasteiger partial charge in [0.25, 0.3) is 0 Å². The molecule has 2 rings (SSSR count). The number of esters is 1. The number of amides is 2. The summed E-state index contributed by atoms with van der Waals surface area (Å²) in [6.45, 7) is 5.40. The molecule has 0 fully saturated rings. The summed E-state index contributed by atoms with van der Waals surface area (Å²) < 4.78 is 5.32. The minimum absolute atomic E-state index is 0.205. The van der Waals surface area contributed by atoms with Crippen LogP contribution in [0.2, 0.25) is 0 Å². The van der Waals surface area contributed by atoms with E-state index in [-0.39, 0.29) is 11.7 Å². The summed E-state index contributed by atoms with van der Waals surface area (Å²) in [6.07, 6.45) is 1.69. The maximum Gasteiger partial charge on any atom is 0.338 e. The number of benzene rings is 1. The van der Waals surface area contributed by atoms with Gasteiger partial charge >= 0.3 is 17.7 Å². The molecule has 0 saturated carbocycles. The van der Waals surface area contributed by atoms with Crippen LogP contribution in [-0.2, 0) is 9.53 Å². The number of nitrogens with one attached hydrogen (secondary N) is 2. The number of allylic oxidation sites excluding steroid dienone is 1. The molecular weight excluding hydrogens is 354 g/mol. The summed E-state index contributed by atoms with van der Waals surface area (Å²) in [6, 6.07) is 2.31. The minimum atomic E-state index is -0.920. The smallest absolute Gasteiger partial charge is 0.338 e. The maximum absolute atomic E-state index is 12.7. The van der Waals surface area contributed by atoms with Gasteiger partial charge in [-0.2, -0.15) is 0 Å². The number of phenols is 1. The Hall–Kier alpha value is -3.10. The second-order valence-corrected chi connectivity index (χ2v) is 6.49. The van der Waals surface area contributed by atoms with Crippen LogP contribution in [0.25, 0.3) is 0 Å². The molecule has 3 N–H and O–H groups in total. The standard InChI is InChI=1S/C18H23N3O6/c1-4-5-6-12-15(17(23)27-10(2)3)16(20-18(24)19-12)11-7-8-14(22)13(9-11)21(25)26/h7-10,16,22H,4-6H2,1-3H3,(H2,19,20,24). The topological polar surface area (TPSA) is 131 Å². The molecule has 1 aliphatic heterocycles. The number of unbranched alkanes of at least 4 members (excludes halogenated alkanes) is 1. The van der Waals surface area contributed by atoms with Gasteiger partial charge in [0.2, 0.25) is 0 Å². The third-order valence-electron chi connectivity index (χ3n) is 4.03. The van der Waals surface area contributed by atoms with E-state index >= 15 is 0 Å². The van der Waals surface area contributed by atoms with Gasteiger partial charge in [0.05, 0.1) is 22.6 Å². The van der Waals surface area contributed by atoms with Gasteiger partial charge in [-0.05, 0) is 38.3 Å². The van der Waals surface area contributed by atoms with Gasteiger partial charge in [-0.3, -0.25) is 10.1 Å². The Bertz CT molecular complexity index is 787. The first-order chi connectivity index (χ1) is 12.7. The fraction of sp³-hybridized carbons (Fsp3) is 0.444. The maximum atomic E-state index is 12.7. The SMILES string of the molecule is CCCCC1=C(C(=O)OC(C)C)C(c2ccc(O)c([N+](=O)[O-])c2)NC(=O)N1. The lowest BCUT2D eigenvalue weighted by molar-refractivity contribution is -0.385. The van der Waals surface area contributed by atoms with Gasteiger partial charge in [-0.25, -0.2) is 9.59 Å². The van der Waals surface area contributed by atoms with Crippen molar-refractivity contribution in [3.05, 3.63) is 45.1 Å². The summed E-state index contributed by atoms with van der Waals surface area (Å²) in [4.78, 5) is 35.2. The van der Waals surface area contributed by atoms with E-state index < -0.39 is 34.4 Å². The average molecular weight is 377 g/mol. The van der Waals surface area contributed by atoms with Crippen LogP contribution in [0.4, 0.5) is 10.5 Å². The summed E-state index contributed by atoms with van der Waals surface area (Å²) >= 11 is 0. The van der Waals surface area contributed by atoms with Crippen molar-refractivity contribution >= 4 is 17.7 Å². The molecule has 0 radical (unpaired) electrons. The second-order valence-electron chi connectivity index (χ2n) is 6.49. The largest absolute Gasteiger partial charge is 0.502 e. The van der Waals surface area contributed by atoms with E-state index in [1.54, 1.807) is 13.8 Å². The number of carbonyl (C=O) groups is 2. The van der Waals surface area contributed by atoms with Crippen molar-refractivity contribution in [1.29, 1.82) is 0 Å². The van der Waals surface area contributed by atoms with Gasteiger partial charge in [-0.15, -0.1) is 0 Å². The van der Waals surface area contributed by atoms with Crippen LogP contribution in [0.3, 0.4) is 0 Å². The van der Waals surface area contributed by atoms with Gasteiger partial charge in [0.1, 0.15) is 0 Å². The van der Waals surface area contributed by atoms with E-state index in [1.165, 1.54) is 12.1 Å². The molecule has 1 aliphatic rings. The van der Waals surface area contributed by atoms with E-state index in [9.17, 15) is 24.8 Å². The van der Waals surface area contributed by atoms with E-state index in [0.717, 1.165) is 18.9 Å². The van der Waals surface area contributed by atoms with Crippen molar-refractivity contribution in [2.45, 2.75) is 52.2 Å². The molecule has 1 aromatic rings. The number of phenolic OH excluding ortho intramolecular Hbond substituents is 1. The molecule has 146 valence electrons. The number of hydrogen-bond donors (Lipinski definition) is 3. The minimum Gasteiger partial charge on any atom is -0.502 e. The zero-order chi connectivity index (χ0) is 20.1. The Kier molecular flexibility index (Phi) is 6.38. The van der Waals surface area contributed by atoms with Crippen molar-refractivity contribution < 1.29 is 24.4 Å². The zero-order valence-electron chi connectivity index (χ0n) is 15.4. The molecule has 1 aromatic carbocycles. The number of rotatable bonds is 7. The van der Waals surface area contributed by atoms with Gasteiger partial charge in [0, 0.05) is 11.8 Å². The fourth-order valence-corrected chi connectivity index (χ4v) is 2.80. The highest BCUT2D eigenvalue weighted by molar-refractivity contribution is 5.95. The van der Waals surface area contributed by atoms with Crippen molar-refractivity contribution in [3.8, 4) is 5.75 Å². The van der Waals surface area contributed by atoms with Crippen LogP contribution in [0, 0.1) is 10.1 Å². The lowest BCUT2D eigenvalue weighted by atomic mass is 9.93. The quantitative estimate of drug-likeness (QED) is 0.380. The third-order valence-corrected chi connectivity index (χ3v) is 4.03. The first-order valence-corrected chi connectivity index (χ1v) is 8.73. The first kappa shape index (κ1) is 20.2. The molecule has 0 aromatic heterocycles. The number of nitro groups is 1. The zero-order valence-corrected chi connectivity index (χ0v) is 15.4. The number of nitrogens with zero attached hydrogens (tertiary/aromatic N) is 1. The highest BCUT2D eigenvalue weighted by atomic mass is 16.6. The highest BCUT2D eigenvalue weighted by Gasteiger charge is 2.34. The number of urea groups is 1. The molecule has 1 unspecified atom stereocenters. The molecule has 1 atom stereocenters. The van der Waals surface area contributed by atoms with Gasteiger partial charge < -0.3 is 20.5 Å². The molecule has 9 nitrogen and oxygen atoms in total. The average Bonchev–Trinajstić information content (AvgIpc) is 2.58. The van der Waals surface area contributed by atoms with Crippen LogP contribution in [0.1, 0.15) is 51.6 Å². The van der Waals surface area contributed by atoms with E-state index in [0.29, 0.717) is 17.7 Å². The number of hydrogen-bond acceptors (Lipinski definition) is 6. The Balaban J connectivity index is 2.56. The lowest BCUT2D eigenvalue weighted by Crippen LogP contribution is -2.46.